The van der Waals surface area contributed by atoms with Crippen LogP contribution in [0.4, 0.5) is 0 Å². The van der Waals surface area contributed by atoms with E-state index in [4.69, 9.17) is 4.74 Å². The Labute approximate surface area is 183 Å². The fraction of sp³-hybridized carbons (Fsp3) is 0.500. The quantitative estimate of drug-likeness (QED) is 0.410. The molecule has 1 N–H and O–H groups in total. The number of carbonyl (C=O) groups is 2. The van der Waals surface area contributed by atoms with Gasteiger partial charge in [-0.05, 0) is 30.9 Å². The Hall–Kier alpha value is -2.54. The highest BCUT2D eigenvalue weighted by molar-refractivity contribution is 7.14. The summed E-state index contributed by atoms with van der Waals surface area (Å²) in [5.74, 6) is 12.0. The number of nitrogens with zero attached hydrogens (tertiary/aromatic N) is 1. The molecular formula is C24H29NO4S. The van der Waals surface area contributed by atoms with Crippen LogP contribution in [0.3, 0.4) is 0 Å². The van der Waals surface area contributed by atoms with Crippen LogP contribution >= 0.6 is 11.3 Å². The Kier molecular flexibility index (Phi) is 9.67. The number of methoxy groups -OCH3 is 1. The van der Waals surface area contributed by atoms with E-state index in [1.54, 1.807) is 23.1 Å². The molecule has 1 amide bonds. The van der Waals surface area contributed by atoms with Crippen LogP contribution < -0.4 is 0 Å². The van der Waals surface area contributed by atoms with Gasteiger partial charge in [-0.2, -0.15) is 0 Å². The van der Waals surface area contributed by atoms with Gasteiger partial charge >= 0.3 is 5.97 Å². The number of esters is 1. The van der Waals surface area contributed by atoms with Crippen molar-refractivity contribution in [2.24, 2.45) is 5.92 Å². The molecule has 1 aliphatic rings. The van der Waals surface area contributed by atoms with Crippen molar-refractivity contribution in [3.63, 3.8) is 0 Å². The molecule has 3 atom stereocenters. The number of thiophene rings is 1. The van der Waals surface area contributed by atoms with Gasteiger partial charge in [0.05, 0.1) is 30.7 Å². The van der Waals surface area contributed by atoms with Crippen LogP contribution in [0.2, 0.25) is 0 Å². The van der Waals surface area contributed by atoms with Crippen LogP contribution in [0.15, 0.2) is 24.3 Å². The second kappa shape index (κ2) is 12.2. The fourth-order valence-corrected chi connectivity index (χ4v) is 3.79. The standard InChI is InChI=1S/C24H29NO4S/c1-4-5-6-7-9-18(2)21(26)14-11-19-12-16-23(27)25(19)17-8-10-20-13-15-22(30-20)24(28)29-3/h11,13-15,18-19,21,26H,4-5,9,12,16-17H2,1-3H3/b14-11+/t18-,19-,21+/m0/s1. The Morgan fingerprint density at radius 1 is 1.40 bits per heavy atom. The van der Waals surface area contributed by atoms with Crippen LogP contribution in [0.1, 0.15) is 60.5 Å². The van der Waals surface area contributed by atoms with Crippen LogP contribution in [-0.2, 0) is 9.53 Å². The van der Waals surface area contributed by atoms with Crippen molar-refractivity contribution in [2.45, 2.75) is 58.1 Å². The first-order chi connectivity index (χ1) is 14.5. The molecule has 1 fully saturated rings. The number of unbranched alkanes of at least 4 members (excludes halogenated alkanes) is 1. The fourth-order valence-electron chi connectivity index (χ4n) is 2.99. The minimum atomic E-state index is -0.590. The van der Waals surface area contributed by atoms with E-state index in [9.17, 15) is 14.7 Å². The summed E-state index contributed by atoms with van der Waals surface area (Å²) in [5, 5.41) is 10.4. The molecule has 1 aliphatic heterocycles. The predicted octanol–water partition coefficient (Wildman–Crippen LogP) is 3.62. The third-order valence-electron chi connectivity index (χ3n) is 4.87. The number of hydrogen-bond donors (Lipinski definition) is 1. The van der Waals surface area contributed by atoms with Crippen LogP contribution in [-0.4, -0.2) is 47.7 Å². The van der Waals surface area contributed by atoms with Gasteiger partial charge in [-0.3, -0.25) is 4.79 Å². The largest absolute Gasteiger partial charge is 0.465 e. The Bertz CT molecular complexity index is 880. The number of aliphatic hydroxyl groups is 1. The maximum absolute atomic E-state index is 12.2. The van der Waals surface area contributed by atoms with E-state index in [2.05, 4.69) is 30.6 Å². The lowest BCUT2D eigenvalue weighted by molar-refractivity contribution is -0.127. The van der Waals surface area contributed by atoms with Gasteiger partial charge in [-0.25, -0.2) is 4.79 Å². The van der Waals surface area contributed by atoms with Gasteiger partial charge in [0.1, 0.15) is 4.88 Å². The summed E-state index contributed by atoms with van der Waals surface area (Å²) >= 11 is 1.27. The average molecular weight is 428 g/mol. The zero-order valence-corrected chi connectivity index (χ0v) is 18.6. The third kappa shape index (κ3) is 7.06. The van der Waals surface area contributed by atoms with Crippen molar-refractivity contribution < 1.29 is 19.4 Å². The SMILES string of the molecule is CCCC#CC[C@H](C)[C@H](O)/C=C/[C@H]1CCC(=O)N1CC#Cc1ccc(C(=O)OC)s1. The summed E-state index contributed by atoms with van der Waals surface area (Å²) in [6.07, 6.45) is 6.87. The molecule has 0 radical (unpaired) electrons. The second-order valence-corrected chi connectivity index (χ2v) is 8.33. The van der Waals surface area contributed by atoms with Gasteiger partial charge < -0.3 is 14.7 Å². The number of hydrogen-bond acceptors (Lipinski definition) is 5. The Morgan fingerprint density at radius 2 is 2.20 bits per heavy atom. The minimum Gasteiger partial charge on any atom is -0.465 e. The number of ether oxygens (including phenoxy) is 1. The van der Waals surface area contributed by atoms with Crippen molar-refractivity contribution in [2.75, 3.05) is 13.7 Å². The molecule has 1 aromatic rings. The summed E-state index contributed by atoms with van der Waals surface area (Å²) in [6, 6.07) is 3.39. The predicted molar refractivity (Wildman–Crippen MR) is 119 cm³/mol. The van der Waals surface area contributed by atoms with Gasteiger partial charge in [0.2, 0.25) is 5.91 Å². The Morgan fingerprint density at radius 3 is 2.93 bits per heavy atom. The topological polar surface area (TPSA) is 66.8 Å². The second-order valence-electron chi connectivity index (χ2n) is 7.25. The highest BCUT2D eigenvalue weighted by Crippen LogP contribution is 2.21. The van der Waals surface area contributed by atoms with Crippen molar-refractivity contribution in [1.29, 1.82) is 0 Å². The van der Waals surface area contributed by atoms with E-state index in [0.717, 1.165) is 24.1 Å². The van der Waals surface area contributed by atoms with E-state index >= 15 is 0 Å². The first-order valence-corrected chi connectivity index (χ1v) is 11.1. The van der Waals surface area contributed by atoms with Crippen LogP contribution in [0.5, 0.6) is 0 Å². The van der Waals surface area contributed by atoms with Crippen LogP contribution in [0, 0.1) is 29.6 Å². The lowest BCUT2D eigenvalue weighted by Gasteiger charge is -2.20. The molecule has 0 saturated carbocycles. The molecule has 1 aromatic heterocycles. The minimum absolute atomic E-state index is 0.0405. The molecule has 0 bridgehead atoms. The van der Waals surface area contributed by atoms with Crippen molar-refractivity contribution >= 4 is 23.2 Å². The summed E-state index contributed by atoms with van der Waals surface area (Å²) in [4.78, 5) is 26.7. The highest BCUT2D eigenvalue weighted by atomic mass is 32.1. The first kappa shape index (κ1) is 23.7. The molecule has 2 heterocycles. The van der Waals surface area contributed by atoms with E-state index in [1.165, 1.54) is 18.4 Å². The van der Waals surface area contributed by atoms with Gasteiger partial charge in [0.15, 0.2) is 0 Å². The molecule has 160 valence electrons. The maximum atomic E-state index is 12.2. The maximum Gasteiger partial charge on any atom is 0.348 e. The molecular weight excluding hydrogens is 398 g/mol. The molecule has 0 unspecified atom stereocenters. The van der Waals surface area contributed by atoms with Crippen molar-refractivity contribution in [3.05, 3.63) is 34.0 Å². The molecule has 1 saturated heterocycles. The molecule has 0 aromatic carbocycles. The average Bonchev–Trinajstić information content (AvgIpc) is 3.36. The van der Waals surface area contributed by atoms with E-state index in [0.29, 0.717) is 24.3 Å². The first-order valence-electron chi connectivity index (χ1n) is 10.2. The number of rotatable bonds is 7. The molecule has 6 heteroatoms. The zero-order chi connectivity index (χ0) is 21.9. The lowest BCUT2D eigenvalue weighted by Crippen LogP contribution is -2.32. The van der Waals surface area contributed by atoms with Gasteiger partial charge in [-0.15, -0.1) is 23.2 Å². The van der Waals surface area contributed by atoms with E-state index in [-0.39, 0.29) is 23.8 Å². The summed E-state index contributed by atoms with van der Waals surface area (Å²) < 4.78 is 4.69. The monoisotopic (exact) mass is 427 g/mol. The summed E-state index contributed by atoms with van der Waals surface area (Å²) in [7, 11) is 1.34. The highest BCUT2D eigenvalue weighted by Gasteiger charge is 2.28. The molecule has 0 aliphatic carbocycles. The molecule has 0 spiro atoms. The van der Waals surface area contributed by atoms with E-state index in [1.807, 2.05) is 13.0 Å². The number of aliphatic hydroxyl groups excluding tert-OH is 1. The number of carbonyl (C=O) groups excluding carboxylic acids is 2. The molecule has 5 nitrogen and oxygen atoms in total. The molecule has 30 heavy (non-hydrogen) atoms. The van der Waals surface area contributed by atoms with Gasteiger partial charge in [0.25, 0.3) is 0 Å². The van der Waals surface area contributed by atoms with Crippen molar-refractivity contribution in [3.8, 4) is 23.7 Å². The lowest BCUT2D eigenvalue weighted by atomic mass is 10.00. The number of amides is 1. The Balaban J connectivity index is 1.93. The molecule has 2 rings (SSSR count). The van der Waals surface area contributed by atoms with Crippen molar-refractivity contribution in [1.82, 2.24) is 4.90 Å². The number of likely N-dealkylation sites (tertiary alicyclic amines) is 1. The smallest absolute Gasteiger partial charge is 0.348 e. The zero-order valence-electron chi connectivity index (χ0n) is 17.8. The van der Waals surface area contributed by atoms with E-state index < -0.39 is 6.10 Å². The summed E-state index contributed by atoms with van der Waals surface area (Å²) in [6.45, 7) is 4.38. The van der Waals surface area contributed by atoms with Crippen LogP contribution in [0.25, 0.3) is 0 Å². The van der Waals surface area contributed by atoms with Gasteiger partial charge in [-0.1, -0.05) is 37.8 Å². The van der Waals surface area contributed by atoms with Gasteiger partial charge in [0, 0.05) is 19.3 Å². The summed E-state index contributed by atoms with van der Waals surface area (Å²) in [5.41, 5.74) is 0. The normalized spacial score (nSPS) is 17.8. The third-order valence-corrected chi connectivity index (χ3v) is 5.85.